The maximum absolute atomic E-state index is 5.68. The number of nitrogens with zero attached hydrogens (tertiary/aromatic N) is 1. The minimum Gasteiger partial charge on any atom is -0.381 e. The molecule has 0 aromatic heterocycles. The summed E-state index contributed by atoms with van der Waals surface area (Å²) in [5.41, 5.74) is 1.34. The van der Waals surface area contributed by atoms with Gasteiger partial charge in [-0.25, -0.2) is 0 Å². The van der Waals surface area contributed by atoms with E-state index in [9.17, 15) is 0 Å². The molecule has 0 radical (unpaired) electrons. The van der Waals surface area contributed by atoms with Gasteiger partial charge in [-0.2, -0.15) is 0 Å². The minimum atomic E-state index is 0.804. The zero-order valence-electron chi connectivity index (χ0n) is 14.1. The average Bonchev–Trinajstić information content (AvgIpc) is 2.55. The van der Waals surface area contributed by atoms with Gasteiger partial charge in [-0.3, -0.25) is 4.99 Å². The number of hydrogen-bond donors (Lipinski definition) is 2. The molecule has 2 N–H and O–H groups in total. The highest BCUT2D eigenvalue weighted by Crippen LogP contribution is 2.00. The van der Waals surface area contributed by atoms with Crippen LogP contribution in [0.25, 0.3) is 0 Å². The van der Waals surface area contributed by atoms with Crippen LogP contribution in [0, 0.1) is 0 Å². The number of unbranched alkanes of at least 4 members (excludes halogenated alkanes) is 1. The van der Waals surface area contributed by atoms with Gasteiger partial charge in [-0.05, 0) is 38.2 Å². The van der Waals surface area contributed by atoms with Crippen LogP contribution in [-0.2, 0) is 11.2 Å². The van der Waals surface area contributed by atoms with Crippen LogP contribution in [0.1, 0.15) is 38.7 Å². The first-order valence-corrected chi connectivity index (χ1v) is 8.50. The molecule has 0 unspecified atom stereocenters. The van der Waals surface area contributed by atoms with E-state index in [1.54, 1.807) is 0 Å². The molecule has 1 aromatic carbocycles. The number of guanidine groups is 1. The molecule has 1 rings (SSSR count). The van der Waals surface area contributed by atoms with E-state index < -0.39 is 0 Å². The van der Waals surface area contributed by atoms with Gasteiger partial charge in [0.25, 0.3) is 0 Å². The van der Waals surface area contributed by atoms with E-state index in [0.29, 0.717) is 0 Å². The van der Waals surface area contributed by atoms with Crippen LogP contribution in [0.5, 0.6) is 0 Å². The van der Waals surface area contributed by atoms with Gasteiger partial charge >= 0.3 is 0 Å². The fourth-order valence-electron chi connectivity index (χ4n) is 2.04. The SMILES string of the molecule is CCCN=C(NCC)NCCCCOCCc1ccccc1. The largest absolute Gasteiger partial charge is 0.381 e. The summed E-state index contributed by atoms with van der Waals surface area (Å²) in [5.74, 6) is 0.925. The lowest BCUT2D eigenvalue weighted by Crippen LogP contribution is -2.37. The van der Waals surface area contributed by atoms with E-state index in [-0.39, 0.29) is 0 Å². The molecule has 0 fully saturated rings. The Kier molecular flexibility index (Phi) is 11.0. The number of nitrogens with one attached hydrogen (secondary N) is 2. The van der Waals surface area contributed by atoms with Crippen LogP contribution in [0.2, 0.25) is 0 Å². The molecule has 0 amide bonds. The van der Waals surface area contributed by atoms with E-state index >= 15 is 0 Å². The molecule has 0 spiro atoms. The Morgan fingerprint density at radius 1 is 1.05 bits per heavy atom. The zero-order chi connectivity index (χ0) is 15.9. The summed E-state index contributed by atoms with van der Waals surface area (Å²) in [4.78, 5) is 4.48. The lowest BCUT2D eigenvalue weighted by Gasteiger charge is -2.11. The van der Waals surface area contributed by atoms with Crippen LogP contribution < -0.4 is 10.6 Å². The van der Waals surface area contributed by atoms with E-state index in [1.165, 1.54) is 5.56 Å². The summed E-state index contributed by atoms with van der Waals surface area (Å²) < 4.78 is 5.68. The summed E-state index contributed by atoms with van der Waals surface area (Å²) in [6.45, 7) is 8.58. The fraction of sp³-hybridized carbons (Fsp3) is 0.611. The molecule has 124 valence electrons. The molecule has 0 saturated carbocycles. The van der Waals surface area contributed by atoms with Gasteiger partial charge in [0.15, 0.2) is 5.96 Å². The van der Waals surface area contributed by atoms with E-state index in [4.69, 9.17) is 4.74 Å². The third-order valence-electron chi connectivity index (χ3n) is 3.22. The smallest absolute Gasteiger partial charge is 0.191 e. The Morgan fingerprint density at radius 2 is 1.86 bits per heavy atom. The maximum Gasteiger partial charge on any atom is 0.191 e. The van der Waals surface area contributed by atoms with Crippen LogP contribution in [0.15, 0.2) is 35.3 Å². The molecule has 0 aliphatic rings. The third-order valence-corrected chi connectivity index (χ3v) is 3.22. The highest BCUT2D eigenvalue weighted by molar-refractivity contribution is 5.79. The molecule has 0 bridgehead atoms. The van der Waals surface area contributed by atoms with Crippen molar-refractivity contribution in [3.63, 3.8) is 0 Å². The van der Waals surface area contributed by atoms with E-state index in [2.05, 4.69) is 53.7 Å². The molecule has 22 heavy (non-hydrogen) atoms. The molecule has 4 heteroatoms. The monoisotopic (exact) mass is 305 g/mol. The maximum atomic E-state index is 5.68. The first-order chi connectivity index (χ1) is 10.9. The second kappa shape index (κ2) is 13.1. The zero-order valence-corrected chi connectivity index (χ0v) is 14.1. The van der Waals surface area contributed by atoms with Gasteiger partial charge in [0, 0.05) is 26.2 Å². The Hall–Kier alpha value is -1.55. The number of benzene rings is 1. The average molecular weight is 305 g/mol. The topological polar surface area (TPSA) is 45.7 Å². The molecule has 1 aromatic rings. The molecule has 0 aliphatic heterocycles. The predicted octanol–water partition coefficient (Wildman–Crippen LogP) is 2.99. The first-order valence-electron chi connectivity index (χ1n) is 8.50. The molecule has 0 heterocycles. The van der Waals surface area contributed by atoms with Crippen LogP contribution in [0.3, 0.4) is 0 Å². The van der Waals surface area contributed by atoms with Crippen molar-refractivity contribution in [1.82, 2.24) is 10.6 Å². The second-order valence-corrected chi connectivity index (χ2v) is 5.24. The minimum absolute atomic E-state index is 0.804. The Bertz CT molecular complexity index is 393. The highest BCUT2D eigenvalue weighted by Gasteiger charge is 1.96. The van der Waals surface area contributed by atoms with Gasteiger partial charge in [0.2, 0.25) is 0 Å². The van der Waals surface area contributed by atoms with Crippen molar-refractivity contribution < 1.29 is 4.74 Å². The number of ether oxygens (including phenoxy) is 1. The van der Waals surface area contributed by atoms with Crippen molar-refractivity contribution in [1.29, 1.82) is 0 Å². The molecule has 0 atom stereocenters. The van der Waals surface area contributed by atoms with Gasteiger partial charge in [-0.15, -0.1) is 0 Å². The highest BCUT2D eigenvalue weighted by atomic mass is 16.5. The van der Waals surface area contributed by atoms with Crippen molar-refractivity contribution in [3.05, 3.63) is 35.9 Å². The van der Waals surface area contributed by atoms with Gasteiger partial charge < -0.3 is 15.4 Å². The molecule has 0 saturated heterocycles. The van der Waals surface area contributed by atoms with E-state index in [1.807, 2.05) is 6.07 Å². The summed E-state index contributed by atoms with van der Waals surface area (Å²) >= 11 is 0. The van der Waals surface area contributed by atoms with Crippen molar-refractivity contribution in [2.24, 2.45) is 4.99 Å². The Balaban J connectivity index is 1.98. The normalized spacial score (nSPS) is 11.5. The van der Waals surface area contributed by atoms with Crippen molar-refractivity contribution in [3.8, 4) is 0 Å². The van der Waals surface area contributed by atoms with Crippen molar-refractivity contribution >= 4 is 5.96 Å². The van der Waals surface area contributed by atoms with Crippen LogP contribution in [0.4, 0.5) is 0 Å². The fourth-order valence-corrected chi connectivity index (χ4v) is 2.04. The molecular weight excluding hydrogens is 274 g/mol. The number of hydrogen-bond acceptors (Lipinski definition) is 2. The van der Waals surface area contributed by atoms with Crippen molar-refractivity contribution in [2.45, 2.75) is 39.5 Å². The van der Waals surface area contributed by atoms with Gasteiger partial charge in [-0.1, -0.05) is 37.3 Å². The Morgan fingerprint density at radius 3 is 2.59 bits per heavy atom. The standard InChI is InChI=1S/C18H31N3O/c1-3-13-20-18(19-4-2)21-14-8-9-15-22-16-12-17-10-6-5-7-11-17/h5-7,10-11H,3-4,8-9,12-16H2,1-2H3,(H2,19,20,21). The lowest BCUT2D eigenvalue weighted by atomic mass is 10.2. The molecule has 4 nitrogen and oxygen atoms in total. The number of aliphatic imine (C=N–C) groups is 1. The second-order valence-electron chi connectivity index (χ2n) is 5.24. The number of rotatable bonds is 11. The van der Waals surface area contributed by atoms with E-state index in [0.717, 1.165) is 64.5 Å². The summed E-state index contributed by atoms with van der Waals surface area (Å²) in [6.07, 6.45) is 4.25. The molecular formula is C18H31N3O. The summed E-state index contributed by atoms with van der Waals surface area (Å²) in [6, 6.07) is 10.5. The quantitative estimate of drug-likeness (QED) is 0.375. The van der Waals surface area contributed by atoms with Gasteiger partial charge in [0.05, 0.1) is 6.61 Å². The predicted molar refractivity (Wildman–Crippen MR) is 94.5 cm³/mol. The first kappa shape index (κ1) is 18.5. The lowest BCUT2D eigenvalue weighted by molar-refractivity contribution is 0.133. The Labute approximate surface area is 135 Å². The van der Waals surface area contributed by atoms with Crippen LogP contribution in [-0.4, -0.2) is 38.8 Å². The van der Waals surface area contributed by atoms with Gasteiger partial charge in [0.1, 0.15) is 0 Å². The van der Waals surface area contributed by atoms with Crippen molar-refractivity contribution in [2.75, 3.05) is 32.8 Å². The summed E-state index contributed by atoms with van der Waals surface area (Å²) in [7, 11) is 0. The summed E-state index contributed by atoms with van der Waals surface area (Å²) in [5, 5.41) is 6.61. The molecule has 0 aliphatic carbocycles. The third kappa shape index (κ3) is 9.40. The van der Waals surface area contributed by atoms with Crippen LogP contribution >= 0.6 is 0 Å².